The number of alkyl halides is 5. The van der Waals surface area contributed by atoms with Gasteiger partial charge in [0.05, 0.1) is 0 Å². The van der Waals surface area contributed by atoms with Crippen LogP contribution in [0.5, 0.6) is 0 Å². The molecule has 0 bridgehead atoms. The van der Waals surface area contributed by atoms with Gasteiger partial charge in [-0.05, 0) is 0 Å². The van der Waals surface area contributed by atoms with Gasteiger partial charge in [-0.3, -0.25) is 4.79 Å². The fraction of sp³-hybridized carbons (Fsp3) is 0.667. The van der Waals surface area contributed by atoms with E-state index in [2.05, 4.69) is 4.74 Å². The van der Waals surface area contributed by atoms with E-state index in [0.717, 1.165) is 0 Å². The lowest BCUT2D eigenvalue weighted by atomic mass is 10.6. The Balaban J connectivity index is 4.23. The van der Waals surface area contributed by atoms with E-state index in [1.165, 1.54) is 0 Å². The molecule has 0 aromatic carbocycles. The molecule has 0 aliphatic rings. The van der Waals surface area contributed by atoms with Crippen LogP contribution in [0.3, 0.4) is 0 Å². The fourth-order valence-electron chi connectivity index (χ4n) is 0.127. The average Bonchev–Trinajstić information content (AvgIpc) is 1.61. The van der Waals surface area contributed by atoms with Crippen LogP contribution in [0.4, 0.5) is 22.0 Å². The molecule has 0 rings (SSSR count). The molecule has 0 aromatic heterocycles. The smallest absolute Gasteiger partial charge is 0.396 e. The Morgan fingerprint density at radius 3 is 1.60 bits per heavy atom. The van der Waals surface area contributed by atoms with Crippen LogP contribution >= 0.6 is 0 Å². The van der Waals surface area contributed by atoms with Gasteiger partial charge in [0, 0.05) is 0 Å². The third-order valence-electron chi connectivity index (χ3n) is 0.526. The minimum atomic E-state index is -5.84. The maximum atomic E-state index is 11.4. The minimum Gasteiger partial charge on any atom is -0.396 e. The first-order chi connectivity index (χ1) is 4.31. The van der Waals surface area contributed by atoms with Crippen LogP contribution in [0.15, 0.2) is 0 Å². The van der Waals surface area contributed by atoms with Crippen molar-refractivity contribution in [2.24, 2.45) is 0 Å². The van der Waals surface area contributed by atoms with Crippen molar-refractivity contribution in [2.75, 3.05) is 0 Å². The van der Waals surface area contributed by atoms with Gasteiger partial charge in [-0.25, -0.2) is 0 Å². The highest BCUT2D eigenvalue weighted by molar-refractivity contribution is 5.37. The van der Waals surface area contributed by atoms with E-state index < -0.39 is 18.8 Å². The molecule has 0 N–H and O–H groups in total. The molecule has 60 valence electrons. The van der Waals surface area contributed by atoms with Crippen molar-refractivity contribution in [1.82, 2.24) is 0 Å². The summed E-state index contributed by atoms with van der Waals surface area (Å²) in [6.07, 6.45) is -11.2. The number of hydrogen-bond donors (Lipinski definition) is 0. The number of halogens is 5. The zero-order valence-electron chi connectivity index (χ0n) is 4.28. The molecule has 0 saturated carbocycles. The number of carbonyl (C=O) groups is 1. The average molecular weight is 164 g/mol. The van der Waals surface area contributed by atoms with Crippen LogP contribution in [0.25, 0.3) is 0 Å². The summed E-state index contributed by atoms with van der Waals surface area (Å²) in [4.78, 5) is 9.06. The van der Waals surface area contributed by atoms with Crippen molar-refractivity contribution in [3.63, 3.8) is 0 Å². The first-order valence-electron chi connectivity index (χ1n) is 1.87. The van der Waals surface area contributed by atoms with E-state index in [0.29, 0.717) is 0 Å². The van der Waals surface area contributed by atoms with Crippen LogP contribution < -0.4 is 0 Å². The summed E-state index contributed by atoms with van der Waals surface area (Å²) in [5, 5.41) is 0. The Morgan fingerprint density at radius 1 is 1.10 bits per heavy atom. The molecule has 2 nitrogen and oxygen atoms in total. The minimum absolute atomic E-state index is 0.965. The Hall–Kier alpha value is -0.880. The molecule has 0 atom stereocenters. The Morgan fingerprint density at radius 2 is 1.50 bits per heavy atom. The van der Waals surface area contributed by atoms with Gasteiger partial charge in [0.15, 0.2) is 0 Å². The van der Waals surface area contributed by atoms with Crippen molar-refractivity contribution in [2.45, 2.75) is 12.3 Å². The molecule has 0 radical (unpaired) electrons. The van der Waals surface area contributed by atoms with E-state index in [9.17, 15) is 22.0 Å². The van der Waals surface area contributed by atoms with Crippen LogP contribution in [-0.4, -0.2) is 18.8 Å². The molecule has 7 heteroatoms. The second-order valence-corrected chi connectivity index (χ2v) is 1.23. The molecule has 10 heavy (non-hydrogen) atoms. The zero-order chi connectivity index (χ0) is 8.41. The molecular weight excluding hydrogens is 163 g/mol. The van der Waals surface area contributed by atoms with Gasteiger partial charge < -0.3 is 4.74 Å². The van der Waals surface area contributed by atoms with Gasteiger partial charge in [0.2, 0.25) is 0 Å². The zero-order valence-corrected chi connectivity index (χ0v) is 4.28. The Bertz CT molecular complexity index is 127. The van der Waals surface area contributed by atoms with Crippen LogP contribution in [-0.2, 0) is 9.53 Å². The van der Waals surface area contributed by atoms with Gasteiger partial charge >= 0.3 is 12.3 Å². The van der Waals surface area contributed by atoms with Crippen LogP contribution in [0.1, 0.15) is 0 Å². The predicted molar refractivity (Wildman–Crippen MR) is 18.2 cm³/mol. The summed E-state index contributed by atoms with van der Waals surface area (Å²) in [6, 6.07) is 0. The molecule has 0 amide bonds. The Labute approximate surface area is 51.6 Å². The Kier molecular flexibility index (Phi) is 2.18. The molecule has 0 fully saturated rings. The van der Waals surface area contributed by atoms with Crippen molar-refractivity contribution in [3.05, 3.63) is 0 Å². The number of carbonyl (C=O) groups excluding carboxylic acids is 1. The second-order valence-electron chi connectivity index (χ2n) is 1.23. The van der Waals surface area contributed by atoms with Gasteiger partial charge in [-0.1, -0.05) is 0 Å². The van der Waals surface area contributed by atoms with Crippen molar-refractivity contribution in [3.8, 4) is 0 Å². The van der Waals surface area contributed by atoms with Crippen molar-refractivity contribution >= 4 is 6.47 Å². The van der Waals surface area contributed by atoms with Gasteiger partial charge in [0.25, 0.3) is 6.47 Å². The van der Waals surface area contributed by atoms with Crippen molar-refractivity contribution < 1.29 is 31.5 Å². The summed E-state index contributed by atoms with van der Waals surface area (Å²) in [6.45, 7) is -0.965. The maximum absolute atomic E-state index is 11.4. The van der Waals surface area contributed by atoms with Gasteiger partial charge in [-0.2, -0.15) is 22.0 Å². The fourth-order valence-corrected chi connectivity index (χ4v) is 0.127. The topological polar surface area (TPSA) is 26.3 Å². The van der Waals surface area contributed by atoms with Crippen molar-refractivity contribution in [1.29, 1.82) is 0 Å². The summed E-state index contributed by atoms with van der Waals surface area (Å²) < 4.78 is 58.1. The molecular formula is C3HF5O2. The lowest BCUT2D eigenvalue weighted by Crippen LogP contribution is -2.38. The summed E-state index contributed by atoms with van der Waals surface area (Å²) >= 11 is 0. The maximum Gasteiger partial charge on any atom is 0.500 e. The number of ether oxygens (including phenoxy) is 1. The van der Waals surface area contributed by atoms with E-state index in [-0.39, 0.29) is 0 Å². The lowest BCUT2D eigenvalue weighted by Gasteiger charge is -2.15. The highest BCUT2D eigenvalue weighted by Crippen LogP contribution is 2.35. The predicted octanol–water partition coefficient (Wildman–Crippen LogP) is 1.31. The lowest BCUT2D eigenvalue weighted by molar-refractivity contribution is -0.372. The standard InChI is InChI=1S/C3HF5O2/c4-2(5,6)3(7,8)10-1-9/h1H. The normalized spacial score (nSPS) is 12.9. The first kappa shape index (κ1) is 9.12. The van der Waals surface area contributed by atoms with E-state index in [1.807, 2.05) is 0 Å². The molecule has 0 unspecified atom stereocenters. The number of hydrogen-bond acceptors (Lipinski definition) is 2. The molecule has 0 saturated heterocycles. The van der Waals surface area contributed by atoms with E-state index in [4.69, 9.17) is 4.79 Å². The molecule has 0 aliphatic carbocycles. The van der Waals surface area contributed by atoms with E-state index >= 15 is 0 Å². The van der Waals surface area contributed by atoms with Crippen LogP contribution in [0, 0.1) is 0 Å². The number of rotatable bonds is 2. The quantitative estimate of drug-likeness (QED) is 0.454. The summed E-state index contributed by atoms with van der Waals surface area (Å²) in [5.41, 5.74) is 0. The van der Waals surface area contributed by atoms with Gasteiger partial charge in [-0.15, -0.1) is 0 Å². The summed E-state index contributed by atoms with van der Waals surface area (Å²) in [7, 11) is 0. The third-order valence-corrected chi connectivity index (χ3v) is 0.526. The summed E-state index contributed by atoms with van der Waals surface area (Å²) in [5.74, 6) is 0. The third kappa shape index (κ3) is 1.82. The van der Waals surface area contributed by atoms with Gasteiger partial charge in [0.1, 0.15) is 0 Å². The van der Waals surface area contributed by atoms with Crippen LogP contribution in [0.2, 0.25) is 0 Å². The monoisotopic (exact) mass is 164 g/mol. The highest BCUT2D eigenvalue weighted by Gasteiger charge is 2.61. The second kappa shape index (κ2) is 2.39. The first-order valence-corrected chi connectivity index (χ1v) is 1.87. The van der Waals surface area contributed by atoms with E-state index in [1.54, 1.807) is 0 Å². The molecule has 0 spiro atoms. The molecule has 0 heterocycles. The molecule has 0 aliphatic heterocycles. The highest BCUT2D eigenvalue weighted by atomic mass is 19.4. The largest absolute Gasteiger partial charge is 0.500 e. The SMILES string of the molecule is O=COC(F)(F)C(F)(F)F. The molecule has 0 aromatic rings.